The second-order valence-electron chi connectivity index (χ2n) is 13.5. The molecule has 2 N–H and O–H groups in total. The Morgan fingerprint density at radius 1 is 0.487 bits per heavy atom. The molecule has 0 aromatic rings. The highest BCUT2D eigenvalue weighted by atomic mass is 16.3. The second-order valence-corrected chi connectivity index (χ2v) is 13.5. The van der Waals surface area contributed by atoms with Crippen LogP contribution in [0.1, 0.15) is 188 Å². The molecule has 2 nitrogen and oxygen atoms in total. The van der Waals surface area contributed by atoms with Crippen molar-refractivity contribution in [3.05, 3.63) is 0 Å². The van der Waals surface area contributed by atoms with Gasteiger partial charge in [0.15, 0.2) is 0 Å². The SMILES string of the molecule is CCC(C)C(C)C.CCCC(C)(C)CCO.CCCC(C)CCC.CCC[C@H](C)CC.CC[C@@H](C)C(C)CO. The molecule has 0 saturated carbocycles. The Morgan fingerprint density at radius 2 is 0.897 bits per heavy atom. The lowest BCUT2D eigenvalue weighted by Gasteiger charge is -2.21. The van der Waals surface area contributed by atoms with E-state index < -0.39 is 0 Å². The van der Waals surface area contributed by atoms with Crippen LogP contribution in [0.5, 0.6) is 0 Å². The Kier molecular flexibility index (Phi) is 44.8. The van der Waals surface area contributed by atoms with E-state index in [9.17, 15) is 0 Å². The maximum absolute atomic E-state index is 8.64. The summed E-state index contributed by atoms with van der Waals surface area (Å²) in [7, 11) is 0. The van der Waals surface area contributed by atoms with Crippen molar-refractivity contribution < 1.29 is 10.2 Å². The Bertz CT molecular complexity index is 382. The van der Waals surface area contributed by atoms with Gasteiger partial charge in [0.05, 0.1) is 0 Å². The minimum Gasteiger partial charge on any atom is -0.396 e. The average molecular weight is 561 g/mol. The van der Waals surface area contributed by atoms with Gasteiger partial charge >= 0.3 is 0 Å². The van der Waals surface area contributed by atoms with Crippen molar-refractivity contribution >= 4 is 0 Å². The summed E-state index contributed by atoms with van der Waals surface area (Å²) in [6.45, 7) is 36.4. The van der Waals surface area contributed by atoms with Gasteiger partial charge in [-0.05, 0) is 53.8 Å². The molecule has 0 aromatic heterocycles. The molecule has 0 heterocycles. The van der Waals surface area contributed by atoms with Crippen LogP contribution in [-0.2, 0) is 0 Å². The molecule has 0 aliphatic carbocycles. The van der Waals surface area contributed by atoms with E-state index >= 15 is 0 Å². The number of rotatable bonds is 16. The van der Waals surface area contributed by atoms with E-state index in [0.717, 1.165) is 30.1 Å². The topological polar surface area (TPSA) is 40.5 Å². The van der Waals surface area contributed by atoms with Gasteiger partial charge in [-0.1, -0.05) is 175 Å². The lowest BCUT2D eigenvalue weighted by Crippen LogP contribution is -2.12. The molecule has 4 atom stereocenters. The molecule has 0 radical (unpaired) electrons. The zero-order valence-corrected chi connectivity index (χ0v) is 30.8. The Balaban J connectivity index is -0.000000124. The van der Waals surface area contributed by atoms with Crippen molar-refractivity contribution in [1.82, 2.24) is 0 Å². The largest absolute Gasteiger partial charge is 0.396 e. The van der Waals surface area contributed by atoms with Gasteiger partial charge in [-0.25, -0.2) is 0 Å². The summed E-state index contributed by atoms with van der Waals surface area (Å²) in [6.07, 6.45) is 15.4. The van der Waals surface area contributed by atoms with E-state index in [-0.39, 0.29) is 0 Å². The van der Waals surface area contributed by atoms with Crippen molar-refractivity contribution in [3.8, 4) is 0 Å². The molecule has 244 valence electrons. The maximum Gasteiger partial charge on any atom is 0.0459 e. The fourth-order valence-corrected chi connectivity index (χ4v) is 3.99. The molecule has 0 bridgehead atoms. The molecule has 0 aromatic carbocycles. The van der Waals surface area contributed by atoms with Crippen molar-refractivity contribution in [2.45, 2.75) is 188 Å². The number of aliphatic hydroxyl groups excluding tert-OH is 2. The van der Waals surface area contributed by atoms with Gasteiger partial charge in [-0.15, -0.1) is 0 Å². The van der Waals surface area contributed by atoms with Crippen LogP contribution >= 0.6 is 0 Å². The van der Waals surface area contributed by atoms with Crippen molar-refractivity contribution in [2.75, 3.05) is 13.2 Å². The average Bonchev–Trinajstić information content (AvgIpc) is 2.88. The predicted octanol–water partition coefficient (Wildman–Crippen LogP) is 12.6. The van der Waals surface area contributed by atoms with Crippen molar-refractivity contribution in [2.24, 2.45) is 40.9 Å². The molecule has 0 aliphatic heterocycles. The van der Waals surface area contributed by atoms with Gasteiger partial charge in [0, 0.05) is 13.2 Å². The normalized spacial score (nSPS) is 13.8. The molecule has 39 heavy (non-hydrogen) atoms. The molecule has 0 amide bonds. The maximum atomic E-state index is 8.64. The molecular formula is C37H84O2. The fraction of sp³-hybridized carbons (Fsp3) is 1.00. The zero-order chi connectivity index (χ0) is 31.9. The van der Waals surface area contributed by atoms with Crippen LogP contribution in [0, 0.1) is 40.9 Å². The minimum atomic E-state index is 0.326. The molecule has 0 fully saturated rings. The minimum absolute atomic E-state index is 0.326. The van der Waals surface area contributed by atoms with Gasteiger partial charge in [0.25, 0.3) is 0 Å². The van der Waals surface area contributed by atoms with E-state index in [1.807, 2.05) is 0 Å². The van der Waals surface area contributed by atoms with Gasteiger partial charge in [0.1, 0.15) is 0 Å². The molecule has 0 spiro atoms. The van der Waals surface area contributed by atoms with Gasteiger partial charge in [0.2, 0.25) is 0 Å². The third kappa shape index (κ3) is 45.1. The fourth-order valence-electron chi connectivity index (χ4n) is 3.99. The highest BCUT2D eigenvalue weighted by molar-refractivity contribution is 4.66. The Labute approximate surface area is 251 Å². The first kappa shape index (κ1) is 48.6. The number of hydrogen-bond donors (Lipinski definition) is 2. The summed E-state index contributed by atoms with van der Waals surface area (Å²) < 4.78 is 0. The molecule has 2 heteroatoms. The Hall–Kier alpha value is -0.0800. The predicted molar refractivity (Wildman–Crippen MR) is 184 cm³/mol. The number of aliphatic hydroxyl groups is 2. The summed E-state index contributed by atoms with van der Waals surface area (Å²) in [5.74, 6) is 4.82. The van der Waals surface area contributed by atoms with Gasteiger partial charge in [-0.3, -0.25) is 0 Å². The molecule has 0 saturated heterocycles. The number of hydrogen-bond acceptors (Lipinski definition) is 2. The summed E-state index contributed by atoms with van der Waals surface area (Å²) in [6, 6.07) is 0. The van der Waals surface area contributed by atoms with Crippen molar-refractivity contribution in [3.63, 3.8) is 0 Å². The highest BCUT2D eigenvalue weighted by Crippen LogP contribution is 2.25. The molecular weight excluding hydrogens is 476 g/mol. The smallest absolute Gasteiger partial charge is 0.0459 e. The first-order valence-electron chi connectivity index (χ1n) is 17.4. The van der Waals surface area contributed by atoms with Gasteiger partial charge in [-0.2, -0.15) is 0 Å². The van der Waals surface area contributed by atoms with Crippen LogP contribution < -0.4 is 0 Å². The molecule has 2 unspecified atom stereocenters. The quantitative estimate of drug-likeness (QED) is 0.197. The van der Waals surface area contributed by atoms with E-state index in [1.54, 1.807) is 0 Å². The lowest BCUT2D eigenvalue weighted by atomic mass is 9.85. The van der Waals surface area contributed by atoms with Crippen molar-refractivity contribution in [1.29, 1.82) is 0 Å². The third-order valence-corrected chi connectivity index (χ3v) is 8.44. The summed E-state index contributed by atoms with van der Waals surface area (Å²) >= 11 is 0. The van der Waals surface area contributed by atoms with Crippen LogP contribution in [-0.4, -0.2) is 23.4 Å². The zero-order valence-electron chi connectivity index (χ0n) is 30.8. The van der Waals surface area contributed by atoms with E-state index in [1.165, 1.54) is 70.6 Å². The van der Waals surface area contributed by atoms with E-state index in [0.29, 0.717) is 30.5 Å². The monoisotopic (exact) mass is 561 g/mol. The summed E-state index contributed by atoms with van der Waals surface area (Å²) in [4.78, 5) is 0. The van der Waals surface area contributed by atoms with Crippen LogP contribution in [0.4, 0.5) is 0 Å². The molecule has 0 rings (SSSR count). The first-order valence-corrected chi connectivity index (χ1v) is 17.4. The summed E-state index contributed by atoms with van der Waals surface area (Å²) in [5.41, 5.74) is 0.351. The first-order chi connectivity index (χ1) is 18.1. The third-order valence-electron chi connectivity index (χ3n) is 8.44. The standard InChI is InChI=1S/C8H18O.C8H18.C7H16O.2C7H16/c1-4-5-8(2,3)6-7-9;1-4-6-8(3)7-5-2;1-4-6(2)7(3)5-8;1-5-7(4)6(2)3;1-4-6-7(3)5-2/h9H,4-7H2,1-3H3;8H,4-7H2,1-3H3;6-8H,4-5H2,1-3H3;6-7H,5H2,1-4H3;7H,4-6H2,1-3H3/t;;6-,7?;;7-/m..1.1/s1. The van der Waals surface area contributed by atoms with E-state index in [4.69, 9.17) is 10.2 Å². The molecule has 0 aliphatic rings. The Morgan fingerprint density at radius 3 is 1.08 bits per heavy atom. The van der Waals surface area contributed by atoms with Gasteiger partial charge < -0.3 is 10.2 Å². The van der Waals surface area contributed by atoms with Crippen LogP contribution in [0.2, 0.25) is 0 Å². The van der Waals surface area contributed by atoms with Crippen LogP contribution in [0.3, 0.4) is 0 Å². The highest BCUT2D eigenvalue weighted by Gasteiger charge is 2.14. The van der Waals surface area contributed by atoms with E-state index in [2.05, 4.69) is 111 Å². The lowest BCUT2D eigenvalue weighted by molar-refractivity contribution is 0.193. The summed E-state index contributed by atoms with van der Waals surface area (Å²) in [5, 5.41) is 17.3. The van der Waals surface area contributed by atoms with Crippen LogP contribution in [0.25, 0.3) is 0 Å². The second kappa shape index (κ2) is 35.9. The van der Waals surface area contributed by atoms with Crippen LogP contribution in [0.15, 0.2) is 0 Å².